The van der Waals surface area contributed by atoms with Crippen molar-refractivity contribution in [2.45, 2.75) is 26.7 Å². The minimum Gasteiger partial charge on any atom is -0.384 e. The van der Waals surface area contributed by atoms with Crippen LogP contribution in [0.2, 0.25) is 0 Å². The molecule has 1 atom stereocenters. The van der Waals surface area contributed by atoms with Crippen LogP contribution in [0.15, 0.2) is 24.3 Å². The largest absolute Gasteiger partial charge is 0.384 e. The van der Waals surface area contributed by atoms with Crippen molar-refractivity contribution in [2.75, 3.05) is 11.9 Å². The van der Waals surface area contributed by atoms with Crippen molar-refractivity contribution in [3.8, 4) is 6.07 Å². The summed E-state index contributed by atoms with van der Waals surface area (Å²) in [6.07, 6.45) is 1.96. The van der Waals surface area contributed by atoms with E-state index in [1.165, 1.54) is 5.56 Å². The third-order valence-corrected chi connectivity index (χ3v) is 2.59. The predicted molar refractivity (Wildman–Crippen MR) is 63.7 cm³/mol. The van der Waals surface area contributed by atoms with E-state index in [-0.39, 0.29) is 5.92 Å². The Morgan fingerprint density at radius 3 is 2.40 bits per heavy atom. The van der Waals surface area contributed by atoms with Crippen molar-refractivity contribution in [3.05, 3.63) is 29.8 Å². The molecule has 0 amide bonds. The monoisotopic (exact) mass is 202 g/mol. The lowest BCUT2D eigenvalue weighted by Gasteiger charge is -2.09. The summed E-state index contributed by atoms with van der Waals surface area (Å²) in [4.78, 5) is 0. The second-order valence-corrected chi connectivity index (χ2v) is 3.67. The van der Waals surface area contributed by atoms with E-state index in [2.05, 4.69) is 42.6 Å². The Kier molecular flexibility index (Phi) is 4.70. The van der Waals surface area contributed by atoms with E-state index in [1.54, 1.807) is 0 Å². The van der Waals surface area contributed by atoms with Gasteiger partial charge in [-0.3, -0.25) is 0 Å². The fraction of sp³-hybridized carbons (Fsp3) is 0.462. The van der Waals surface area contributed by atoms with Crippen molar-refractivity contribution in [1.82, 2.24) is 0 Å². The maximum atomic E-state index is 8.80. The zero-order chi connectivity index (χ0) is 11.1. The van der Waals surface area contributed by atoms with Gasteiger partial charge >= 0.3 is 0 Å². The van der Waals surface area contributed by atoms with Gasteiger partial charge in [0.25, 0.3) is 0 Å². The van der Waals surface area contributed by atoms with Gasteiger partial charge in [-0.15, -0.1) is 0 Å². The van der Waals surface area contributed by atoms with Crippen LogP contribution in [0.5, 0.6) is 0 Å². The van der Waals surface area contributed by atoms with E-state index in [9.17, 15) is 0 Å². The van der Waals surface area contributed by atoms with Gasteiger partial charge in [0, 0.05) is 12.2 Å². The lowest BCUT2D eigenvalue weighted by molar-refractivity contribution is 0.674. The molecule has 0 saturated heterocycles. The van der Waals surface area contributed by atoms with Gasteiger partial charge in [-0.2, -0.15) is 5.26 Å². The third-order valence-electron chi connectivity index (χ3n) is 2.59. The van der Waals surface area contributed by atoms with E-state index in [0.29, 0.717) is 0 Å². The van der Waals surface area contributed by atoms with E-state index in [4.69, 9.17) is 5.26 Å². The molecule has 0 bridgehead atoms. The molecule has 1 aromatic rings. The Bertz CT molecular complexity index is 321. The van der Waals surface area contributed by atoms with Gasteiger partial charge in [0.05, 0.1) is 12.0 Å². The number of aryl methyl sites for hydroxylation is 1. The zero-order valence-corrected chi connectivity index (χ0v) is 9.46. The Morgan fingerprint density at radius 2 is 1.93 bits per heavy atom. The number of nitrogens with zero attached hydrogens (tertiary/aromatic N) is 1. The highest BCUT2D eigenvalue weighted by Gasteiger charge is 2.03. The van der Waals surface area contributed by atoms with E-state index < -0.39 is 0 Å². The molecule has 1 unspecified atom stereocenters. The van der Waals surface area contributed by atoms with Crippen LogP contribution in [-0.2, 0) is 6.42 Å². The average molecular weight is 202 g/mol. The van der Waals surface area contributed by atoms with Gasteiger partial charge in [-0.05, 0) is 30.5 Å². The summed E-state index contributed by atoms with van der Waals surface area (Å²) in [6, 6.07) is 10.7. The van der Waals surface area contributed by atoms with Gasteiger partial charge in [0.15, 0.2) is 0 Å². The number of anilines is 1. The normalized spacial score (nSPS) is 11.8. The standard InChI is InChI=1S/C13H18N2/c1-3-11-5-7-13(8-6-11)15-10-12(4-2)9-14/h5-8,12,15H,3-4,10H2,1-2H3. The predicted octanol–water partition coefficient (Wildman–Crippen LogP) is 3.21. The van der Waals surface area contributed by atoms with E-state index in [1.807, 2.05) is 6.92 Å². The smallest absolute Gasteiger partial charge is 0.0674 e. The molecule has 0 heterocycles. The molecule has 15 heavy (non-hydrogen) atoms. The van der Waals surface area contributed by atoms with Crippen molar-refractivity contribution in [1.29, 1.82) is 5.26 Å². The number of nitriles is 1. The number of benzene rings is 1. The Labute approximate surface area is 91.9 Å². The van der Waals surface area contributed by atoms with Crippen LogP contribution in [0.3, 0.4) is 0 Å². The van der Waals surface area contributed by atoms with Gasteiger partial charge in [-0.25, -0.2) is 0 Å². The van der Waals surface area contributed by atoms with Gasteiger partial charge in [-0.1, -0.05) is 26.0 Å². The van der Waals surface area contributed by atoms with E-state index in [0.717, 1.165) is 25.1 Å². The van der Waals surface area contributed by atoms with Crippen LogP contribution in [0, 0.1) is 17.2 Å². The zero-order valence-electron chi connectivity index (χ0n) is 9.46. The van der Waals surface area contributed by atoms with Gasteiger partial charge in [0.2, 0.25) is 0 Å². The number of hydrogen-bond acceptors (Lipinski definition) is 2. The first-order chi connectivity index (χ1) is 7.30. The maximum absolute atomic E-state index is 8.80. The van der Waals surface area contributed by atoms with Gasteiger partial charge < -0.3 is 5.32 Å². The molecule has 1 aromatic carbocycles. The molecule has 0 saturated carbocycles. The molecule has 0 radical (unpaired) electrons. The van der Waals surface area contributed by atoms with Crippen LogP contribution < -0.4 is 5.32 Å². The molecule has 0 aromatic heterocycles. The molecule has 2 nitrogen and oxygen atoms in total. The van der Waals surface area contributed by atoms with Crippen molar-refractivity contribution >= 4 is 5.69 Å². The van der Waals surface area contributed by atoms with Crippen LogP contribution in [0.25, 0.3) is 0 Å². The average Bonchev–Trinajstić information content (AvgIpc) is 2.31. The Morgan fingerprint density at radius 1 is 1.27 bits per heavy atom. The summed E-state index contributed by atoms with van der Waals surface area (Å²) >= 11 is 0. The second kappa shape index (κ2) is 6.08. The number of nitrogens with one attached hydrogen (secondary N) is 1. The SMILES string of the molecule is CCc1ccc(NCC(C#N)CC)cc1. The second-order valence-electron chi connectivity index (χ2n) is 3.67. The van der Waals surface area contributed by atoms with Crippen LogP contribution >= 0.6 is 0 Å². The fourth-order valence-corrected chi connectivity index (χ4v) is 1.38. The highest BCUT2D eigenvalue weighted by atomic mass is 14.9. The molecule has 1 rings (SSSR count). The highest BCUT2D eigenvalue weighted by Crippen LogP contribution is 2.11. The molecule has 0 aliphatic heterocycles. The summed E-state index contributed by atoms with van der Waals surface area (Å²) in [5.74, 6) is 0.107. The molecular formula is C13H18N2. The molecule has 0 aliphatic carbocycles. The first kappa shape index (κ1) is 11.6. The molecule has 0 fully saturated rings. The first-order valence-electron chi connectivity index (χ1n) is 5.52. The summed E-state index contributed by atoms with van der Waals surface area (Å²) in [5, 5.41) is 12.1. The quantitative estimate of drug-likeness (QED) is 0.795. The fourth-order valence-electron chi connectivity index (χ4n) is 1.38. The molecule has 0 spiro atoms. The lowest BCUT2D eigenvalue weighted by atomic mass is 10.1. The molecule has 2 heteroatoms. The van der Waals surface area contributed by atoms with Crippen LogP contribution in [-0.4, -0.2) is 6.54 Å². The number of rotatable bonds is 5. The van der Waals surface area contributed by atoms with E-state index >= 15 is 0 Å². The van der Waals surface area contributed by atoms with Crippen LogP contribution in [0.4, 0.5) is 5.69 Å². The summed E-state index contributed by atoms with van der Waals surface area (Å²) in [6.45, 7) is 4.92. The minimum absolute atomic E-state index is 0.107. The van der Waals surface area contributed by atoms with Gasteiger partial charge in [0.1, 0.15) is 0 Å². The summed E-state index contributed by atoms with van der Waals surface area (Å²) < 4.78 is 0. The highest BCUT2D eigenvalue weighted by molar-refractivity contribution is 5.44. The molecule has 1 N–H and O–H groups in total. The molecule has 80 valence electrons. The first-order valence-corrected chi connectivity index (χ1v) is 5.52. The summed E-state index contributed by atoms with van der Waals surface area (Å²) in [7, 11) is 0. The maximum Gasteiger partial charge on any atom is 0.0674 e. The minimum atomic E-state index is 0.107. The Balaban J connectivity index is 2.48. The number of hydrogen-bond donors (Lipinski definition) is 1. The van der Waals surface area contributed by atoms with Crippen molar-refractivity contribution in [3.63, 3.8) is 0 Å². The van der Waals surface area contributed by atoms with Crippen LogP contribution in [0.1, 0.15) is 25.8 Å². The topological polar surface area (TPSA) is 35.8 Å². The third kappa shape index (κ3) is 3.63. The van der Waals surface area contributed by atoms with Crippen molar-refractivity contribution < 1.29 is 0 Å². The Hall–Kier alpha value is -1.49. The molecule has 0 aliphatic rings. The van der Waals surface area contributed by atoms with Crippen molar-refractivity contribution in [2.24, 2.45) is 5.92 Å². The molecular weight excluding hydrogens is 184 g/mol. The summed E-state index contributed by atoms with van der Waals surface area (Å²) in [5.41, 5.74) is 2.44. The lowest BCUT2D eigenvalue weighted by Crippen LogP contribution is -2.11.